The van der Waals surface area contributed by atoms with Crippen molar-refractivity contribution in [2.24, 2.45) is 5.10 Å². The predicted molar refractivity (Wildman–Crippen MR) is 147 cm³/mol. The van der Waals surface area contributed by atoms with E-state index in [1.807, 2.05) is 75.3 Å². The zero-order chi connectivity index (χ0) is 25.1. The van der Waals surface area contributed by atoms with Crippen molar-refractivity contribution in [2.45, 2.75) is 33.3 Å². The molecule has 0 aliphatic heterocycles. The molecule has 4 aromatic rings. The second-order valence-electron chi connectivity index (χ2n) is 9.04. The van der Waals surface area contributed by atoms with E-state index < -0.39 is 0 Å². The summed E-state index contributed by atoms with van der Waals surface area (Å²) in [7, 11) is 3.97. The summed E-state index contributed by atoms with van der Waals surface area (Å²) < 4.78 is 8.44. The van der Waals surface area contributed by atoms with Gasteiger partial charge in [-0.2, -0.15) is 9.78 Å². The maximum Gasteiger partial charge on any atom is 0.282 e. The maximum absolute atomic E-state index is 13.3. The molecule has 7 heteroatoms. The van der Waals surface area contributed by atoms with Crippen molar-refractivity contribution in [1.29, 1.82) is 0 Å². The van der Waals surface area contributed by atoms with Crippen LogP contribution < -0.4 is 15.2 Å². The summed E-state index contributed by atoms with van der Waals surface area (Å²) in [6.07, 6.45) is 1.67. The average Bonchev–Trinajstić information content (AvgIpc) is 2.82. The number of halogens is 1. The molecule has 0 saturated heterocycles. The summed E-state index contributed by atoms with van der Waals surface area (Å²) in [5.74, 6) is 1.31. The molecule has 0 aliphatic carbocycles. The van der Waals surface area contributed by atoms with Gasteiger partial charge in [0.05, 0.1) is 17.1 Å². The Morgan fingerprint density at radius 1 is 1.11 bits per heavy atom. The third kappa shape index (κ3) is 5.62. The van der Waals surface area contributed by atoms with Gasteiger partial charge in [-0.3, -0.25) is 4.79 Å². The second-order valence-corrected chi connectivity index (χ2v) is 9.96. The molecule has 35 heavy (non-hydrogen) atoms. The van der Waals surface area contributed by atoms with Crippen LogP contribution >= 0.6 is 15.9 Å². The van der Waals surface area contributed by atoms with Gasteiger partial charge in [0.25, 0.3) is 5.56 Å². The lowest BCUT2D eigenvalue weighted by molar-refractivity contribution is 0.306. The first-order valence-corrected chi connectivity index (χ1v) is 12.3. The van der Waals surface area contributed by atoms with Gasteiger partial charge in [-0.05, 0) is 42.8 Å². The lowest BCUT2D eigenvalue weighted by Crippen LogP contribution is -2.23. The number of anilines is 1. The highest BCUT2D eigenvalue weighted by Crippen LogP contribution is 2.25. The Hall–Kier alpha value is -3.45. The minimum atomic E-state index is -0.205. The number of nitrogens with zero attached hydrogens (tertiary/aromatic N) is 4. The minimum absolute atomic E-state index is 0.0149. The number of hydrogen-bond donors (Lipinski definition) is 0. The molecule has 0 radical (unpaired) electrons. The van der Waals surface area contributed by atoms with E-state index in [4.69, 9.17) is 9.72 Å². The van der Waals surface area contributed by atoms with E-state index in [0.717, 1.165) is 21.3 Å². The minimum Gasteiger partial charge on any atom is -0.488 e. The molecule has 0 atom stereocenters. The predicted octanol–water partition coefficient (Wildman–Crippen LogP) is 6.12. The summed E-state index contributed by atoms with van der Waals surface area (Å²) in [4.78, 5) is 20.1. The van der Waals surface area contributed by atoms with Gasteiger partial charge < -0.3 is 9.64 Å². The van der Waals surface area contributed by atoms with Gasteiger partial charge in [0.15, 0.2) is 0 Å². The van der Waals surface area contributed by atoms with Crippen LogP contribution in [0.1, 0.15) is 42.3 Å². The average molecular weight is 533 g/mol. The maximum atomic E-state index is 13.3. The van der Waals surface area contributed by atoms with Crippen molar-refractivity contribution < 1.29 is 4.74 Å². The number of fused-ring (bicyclic) bond motifs is 1. The Kier molecular flexibility index (Phi) is 7.36. The van der Waals surface area contributed by atoms with Crippen LogP contribution in [0.15, 0.2) is 75.0 Å². The van der Waals surface area contributed by atoms with E-state index in [-0.39, 0.29) is 11.5 Å². The van der Waals surface area contributed by atoms with E-state index in [1.165, 1.54) is 10.2 Å². The molecule has 4 rings (SSSR count). The molecule has 0 N–H and O–H groups in total. The van der Waals surface area contributed by atoms with E-state index in [1.54, 1.807) is 12.3 Å². The van der Waals surface area contributed by atoms with Crippen LogP contribution in [0.5, 0.6) is 5.75 Å². The molecule has 0 bridgehead atoms. The van der Waals surface area contributed by atoms with Crippen LogP contribution in [-0.2, 0) is 6.61 Å². The van der Waals surface area contributed by atoms with Gasteiger partial charge in [-0.25, -0.2) is 4.98 Å². The van der Waals surface area contributed by atoms with Gasteiger partial charge in [0, 0.05) is 41.8 Å². The Morgan fingerprint density at radius 3 is 2.63 bits per heavy atom. The lowest BCUT2D eigenvalue weighted by Gasteiger charge is -2.16. The quantitative estimate of drug-likeness (QED) is 0.269. The molecule has 0 spiro atoms. The lowest BCUT2D eigenvalue weighted by atomic mass is 10.1. The summed E-state index contributed by atoms with van der Waals surface area (Å²) in [6, 6.07) is 19.7. The first kappa shape index (κ1) is 24.7. The fourth-order valence-electron chi connectivity index (χ4n) is 3.77. The van der Waals surface area contributed by atoms with Gasteiger partial charge >= 0.3 is 0 Å². The Balaban J connectivity index is 1.75. The van der Waals surface area contributed by atoms with Crippen molar-refractivity contribution in [3.63, 3.8) is 0 Å². The van der Waals surface area contributed by atoms with Crippen molar-refractivity contribution in [1.82, 2.24) is 9.66 Å². The molecule has 0 saturated carbocycles. The SMILES string of the molecule is Cc1cccc(COc2cc(N(C)C)ccc2C=Nn2c(C(C)C)nc3ccc(Br)cc3c2=O)c1. The molecule has 0 fully saturated rings. The highest BCUT2D eigenvalue weighted by Gasteiger charge is 2.14. The molecule has 0 amide bonds. The topological polar surface area (TPSA) is 59.7 Å². The monoisotopic (exact) mass is 532 g/mol. The number of aryl methyl sites for hydroxylation is 1. The molecule has 1 heterocycles. The summed E-state index contributed by atoms with van der Waals surface area (Å²) >= 11 is 3.45. The molecule has 180 valence electrons. The number of hydrogen-bond acceptors (Lipinski definition) is 5. The van der Waals surface area contributed by atoms with Crippen molar-refractivity contribution in [2.75, 3.05) is 19.0 Å². The number of rotatable bonds is 7. The Morgan fingerprint density at radius 2 is 1.91 bits per heavy atom. The number of benzene rings is 3. The Bertz CT molecular complexity index is 1460. The van der Waals surface area contributed by atoms with Crippen LogP contribution in [0, 0.1) is 6.92 Å². The van der Waals surface area contributed by atoms with Crippen LogP contribution in [0.2, 0.25) is 0 Å². The highest BCUT2D eigenvalue weighted by atomic mass is 79.9. The van der Waals surface area contributed by atoms with E-state index in [9.17, 15) is 4.79 Å². The molecule has 6 nitrogen and oxygen atoms in total. The molecule has 3 aromatic carbocycles. The molecule has 0 unspecified atom stereocenters. The van der Waals surface area contributed by atoms with Crippen LogP contribution in [0.3, 0.4) is 0 Å². The zero-order valence-electron chi connectivity index (χ0n) is 20.6. The second kappa shape index (κ2) is 10.4. The molecule has 0 aliphatic rings. The van der Waals surface area contributed by atoms with Crippen molar-refractivity contribution in [3.05, 3.63) is 98.0 Å². The molecular formula is C28H29BrN4O2. The summed E-state index contributed by atoms with van der Waals surface area (Å²) in [5, 5.41) is 5.10. The standard InChI is InChI=1S/C28H29BrN4O2/c1-18(2)27-31-25-12-10-22(29)14-24(25)28(34)33(27)30-16-21-9-11-23(32(4)5)15-26(21)35-17-20-8-6-7-19(3)13-20/h6-16,18H,17H2,1-5H3. The van der Waals surface area contributed by atoms with E-state index in [0.29, 0.717) is 29.1 Å². The third-order valence-corrected chi connectivity index (χ3v) is 6.15. The van der Waals surface area contributed by atoms with Crippen LogP contribution in [-0.4, -0.2) is 30.0 Å². The fourth-order valence-corrected chi connectivity index (χ4v) is 4.13. The van der Waals surface area contributed by atoms with Gasteiger partial charge in [0.2, 0.25) is 0 Å². The molecular weight excluding hydrogens is 504 g/mol. The zero-order valence-corrected chi connectivity index (χ0v) is 22.2. The van der Waals surface area contributed by atoms with Crippen molar-refractivity contribution in [3.8, 4) is 5.75 Å². The van der Waals surface area contributed by atoms with Crippen molar-refractivity contribution >= 4 is 38.7 Å². The largest absolute Gasteiger partial charge is 0.488 e. The van der Waals surface area contributed by atoms with Gasteiger partial charge in [-0.1, -0.05) is 59.6 Å². The van der Waals surface area contributed by atoms with E-state index >= 15 is 0 Å². The van der Waals surface area contributed by atoms with Gasteiger partial charge in [-0.15, -0.1) is 0 Å². The number of ether oxygens (including phenoxy) is 1. The fraction of sp³-hybridized carbons (Fsp3) is 0.250. The van der Waals surface area contributed by atoms with E-state index in [2.05, 4.69) is 40.1 Å². The highest BCUT2D eigenvalue weighted by molar-refractivity contribution is 9.10. The molecule has 1 aromatic heterocycles. The number of aromatic nitrogens is 2. The summed E-state index contributed by atoms with van der Waals surface area (Å²) in [5.41, 5.74) is 4.52. The third-order valence-electron chi connectivity index (χ3n) is 5.65. The van der Waals surface area contributed by atoms with Crippen LogP contribution in [0.25, 0.3) is 10.9 Å². The normalized spacial score (nSPS) is 11.5. The smallest absolute Gasteiger partial charge is 0.282 e. The van der Waals surface area contributed by atoms with Gasteiger partial charge in [0.1, 0.15) is 18.2 Å². The summed E-state index contributed by atoms with van der Waals surface area (Å²) in [6.45, 7) is 6.50. The Labute approximate surface area is 214 Å². The first-order chi connectivity index (χ1) is 16.7. The van der Waals surface area contributed by atoms with Crippen LogP contribution in [0.4, 0.5) is 5.69 Å². The first-order valence-electron chi connectivity index (χ1n) is 11.5.